The monoisotopic (exact) mass is 532 g/mol. The minimum Gasteiger partial charge on any atom is -0.494 e. The molecular weight excluding hydrogens is 503 g/mol. The van der Waals surface area contributed by atoms with Gasteiger partial charge in [-0.1, -0.05) is 24.3 Å². The Morgan fingerprint density at radius 1 is 1.18 bits per heavy atom. The number of H-pyrrole nitrogens is 1. The number of benzene rings is 2. The Morgan fingerprint density at radius 3 is 2.72 bits per heavy atom. The first-order valence-electron chi connectivity index (χ1n) is 12.2. The molecule has 2 aromatic carbocycles. The van der Waals surface area contributed by atoms with Gasteiger partial charge in [-0.15, -0.1) is 0 Å². The van der Waals surface area contributed by atoms with Crippen LogP contribution in [0.15, 0.2) is 60.9 Å². The summed E-state index contributed by atoms with van der Waals surface area (Å²) in [4.78, 5) is 39.0. The van der Waals surface area contributed by atoms with Gasteiger partial charge in [-0.3, -0.25) is 4.79 Å². The number of amides is 1. The molecule has 10 nitrogen and oxygen atoms in total. The molecule has 4 rings (SSSR count). The number of esters is 1. The third-order valence-corrected chi connectivity index (χ3v) is 5.66. The van der Waals surface area contributed by atoms with Crippen LogP contribution in [0.3, 0.4) is 0 Å². The van der Waals surface area contributed by atoms with Crippen LogP contribution in [0.4, 0.5) is 21.7 Å². The number of hydrogen-bond acceptors (Lipinski definition) is 8. The summed E-state index contributed by atoms with van der Waals surface area (Å²) in [5.74, 6) is -1.43. The SMILES string of the molecule is CCOC(=O)c1cnc(Nc2cc(NC(=O)/C=C/CN(C)C)c(F)cc2OC)nc1-c1c[nH]c2ccccc12. The summed E-state index contributed by atoms with van der Waals surface area (Å²) < 4.78 is 25.3. The van der Waals surface area contributed by atoms with Crippen LogP contribution < -0.4 is 15.4 Å². The molecule has 2 aromatic heterocycles. The van der Waals surface area contributed by atoms with Gasteiger partial charge in [0.15, 0.2) is 5.82 Å². The second-order valence-electron chi connectivity index (χ2n) is 8.74. The molecule has 202 valence electrons. The molecule has 0 atom stereocenters. The van der Waals surface area contributed by atoms with Crippen LogP contribution in [0.5, 0.6) is 5.75 Å². The van der Waals surface area contributed by atoms with E-state index in [4.69, 9.17) is 9.47 Å². The lowest BCUT2D eigenvalue weighted by Gasteiger charge is -2.15. The van der Waals surface area contributed by atoms with Gasteiger partial charge in [-0.25, -0.2) is 19.2 Å². The summed E-state index contributed by atoms with van der Waals surface area (Å²) in [6.45, 7) is 2.47. The second kappa shape index (κ2) is 12.2. The highest BCUT2D eigenvalue weighted by Crippen LogP contribution is 2.34. The van der Waals surface area contributed by atoms with Gasteiger partial charge < -0.3 is 30.0 Å². The number of nitrogens with one attached hydrogen (secondary N) is 3. The summed E-state index contributed by atoms with van der Waals surface area (Å²) in [7, 11) is 5.13. The first-order chi connectivity index (χ1) is 18.8. The number of likely N-dealkylation sites (N-methyl/N-ethyl adjacent to an activating group) is 1. The van der Waals surface area contributed by atoms with E-state index in [0.717, 1.165) is 17.0 Å². The molecule has 2 heterocycles. The zero-order valence-electron chi connectivity index (χ0n) is 22.0. The van der Waals surface area contributed by atoms with Crippen LogP contribution in [0, 0.1) is 5.82 Å². The van der Waals surface area contributed by atoms with Crippen LogP contribution in [-0.4, -0.2) is 66.1 Å². The molecule has 0 fully saturated rings. The number of fused-ring (bicyclic) bond motifs is 1. The minimum atomic E-state index is -0.676. The van der Waals surface area contributed by atoms with Crippen LogP contribution in [-0.2, 0) is 9.53 Å². The quantitative estimate of drug-likeness (QED) is 0.198. The predicted molar refractivity (Wildman–Crippen MR) is 148 cm³/mol. The fraction of sp³-hybridized carbons (Fsp3) is 0.214. The zero-order valence-corrected chi connectivity index (χ0v) is 22.0. The highest BCUT2D eigenvalue weighted by molar-refractivity contribution is 6.03. The summed E-state index contributed by atoms with van der Waals surface area (Å²) in [6.07, 6.45) is 6.14. The molecule has 1 amide bonds. The lowest BCUT2D eigenvalue weighted by molar-refractivity contribution is -0.111. The number of aromatic amines is 1. The maximum absolute atomic E-state index is 14.7. The number of aromatic nitrogens is 3. The molecule has 3 N–H and O–H groups in total. The lowest BCUT2D eigenvalue weighted by atomic mass is 10.1. The number of nitrogens with zero attached hydrogens (tertiary/aromatic N) is 3. The summed E-state index contributed by atoms with van der Waals surface area (Å²) >= 11 is 0. The molecule has 0 radical (unpaired) electrons. The molecular formula is C28H29FN6O4. The van der Waals surface area contributed by atoms with Gasteiger partial charge in [0.1, 0.15) is 11.3 Å². The smallest absolute Gasteiger partial charge is 0.341 e. The van der Waals surface area contributed by atoms with Crippen molar-refractivity contribution in [2.75, 3.05) is 45.0 Å². The van der Waals surface area contributed by atoms with Gasteiger partial charge >= 0.3 is 5.97 Å². The zero-order chi connectivity index (χ0) is 27.9. The highest BCUT2D eigenvalue weighted by atomic mass is 19.1. The van der Waals surface area contributed by atoms with E-state index in [-0.39, 0.29) is 29.6 Å². The standard InChI is InChI=1S/C28H29FN6O4/c1-5-39-27(37)19-16-31-28(34-26(19)18-15-30-21-10-7-6-9-17(18)21)33-23-14-22(20(29)13-24(23)38-4)32-25(36)11-8-12-35(2)3/h6-11,13-16,30H,5,12H2,1-4H3,(H,32,36)(H,31,33,34)/b11-8+. The van der Waals surface area contributed by atoms with Crippen molar-refractivity contribution in [1.29, 1.82) is 0 Å². The maximum atomic E-state index is 14.7. The molecule has 4 aromatic rings. The van der Waals surface area contributed by atoms with Crippen molar-refractivity contribution in [3.8, 4) is 17.0 Å². The molecule has 0 aliphatic carbocycles. The first-order valence-corrected chi connectivity index (χ1v) is 12.2. The van der Waals surface area contributed by atoms with E-state index < -0.39 is 17.7 Å². The van der Waals surface area contributed by atoms with Gasteiger partial charge in [-0.05, 0) is 33.2 Å². The van der Waals surface area contributed by atoms with E-state index in [1.165, 1.54) is 25.4 Å². The van der Waals surface area contributed by atoms with E-state index in [0.29, 0.717) is 23.5 Å². The number of carbonyl (C=O) groups is 2. The molecule has 11 heteroatoms. The van der Waals surface area contributed by atoms with E-state index >= 15 is 0 Å². The van der Waals surface area contributed by atoms with Crippen LogP contribution in [0.1, 0.15) is 17.3 Å². The number of para-hydroxylation sites is 1. The second-order valence-corrected chi connectivity index (χ2v) is 8.74. The maximum Gasteiger partial charge on any atom is 0.341 e. The third-order valence-electron chi connectivity index (χ3n) is 5.66. The van der Waals surface area contributed by atoms with Crippen molar-refractivity contribution in [1.82, 2.24) is 19.9 Å². The Hall–Kier alpha value is -4.77. The van der Waals surface area contributed by atoms with Gasteiger partial charge in [-0.2, -0.15) is 0 Å². The van der Waals surface area contributed by atoms with Crippen LogP contribution in [0.25, 0.3) is 22.2 Å². The topological polar surface area (TPSA) is 121 Å². The normalized spacial score (nSPS) is 11.2. The number of anilines is 3. The Labute approximate surface area is 224 Å². The molecule has 0 bridgehead atoms. The third kappa shape index (κ3) is 6.39. The van der Waals surface area contributed by atoms with Crippen LogP contribution in [0.2, 0.25) is 0 Å². The van der Waals surface area contributed by atoms with Crippen molar-refractivity contribution in [2.45, 2.75) is 6.92 Å². The van der Waals surface area contributed by atoms with Crippen LogP contribution >= 0.6 is 0 Å². The lowest BCUT2D eigenvalue weighted by Crippen LogP contribution is -2.13. The highest BCUT2D eigenvalue weighted by Gasteiger charge is 2.21. The molecule has 39 heavy (non-hydrogen) atoms. The first kappa shape index (κ1) is 27.3. The van der Waals surface area contributed by atoms with E-state index in [9.17, 15) is 14.0 Å². The molecule has 0 spiro atoms. The van der Waals surface area contributed by atoms with E-state index in [1.807, 2.05) is 43.3 Å². The number of carbonyl (C=O) groups excluding carboxylic acids is 2. The van der Waals surface area contributed by atoms with Gasteiger partial charge in [0.2, 0.25) is 11.9 Å². The Kier molecular flexibility index (Phi) is 8.52. The molecule has 0 unspecified atom stereocenters. The van der Waals surface area contributed by atoms with E-state index in [2.05, 4.69) is 25.6 Å². The number of halogens is 1. The van der Waals surface area contributed by atoms with Crippen molar-refractivity contribution in [3.63, 3.8) is 0 Å². The average molecular weight is 533 g/mol. The number of methoxy groups -OCH3 is 1. The van der Waals surface area contributed by atoms with Crippen molar-refractivity contribution in [2.24, 2.45) is 0 Å². The van der Waals surface area contributed by atoms with Gasteiger partial charge in [0.25, 0.3) is 0 Å². The summed E-state index contributed by atoms with van der Waals surface area (Å²) in [5, 5.41) is 6.41. The average Bonchev–Trinajstić information content (AvgIpc) is 3.34. The Balaban J connectivity index is 1.71. The van der Waals surface area contributed by atoms with Crippen molar-refractivity contribution < 1.29 is 23.5 Å². The molecule has 0 aliphatic rings. The fourth-order valence-corrected chi connectivity index (χ4v) is 3.86. The molecule has 0 saturated carbocycles. The van der Waals surface area contributed by atoms with E-state index in [1.54, 1.807) is 19.2 Å². The minimum absolute atomic E-state index is 0.0576. The Bertz CT molecular complexity index is 1530. The van der Waals surface area contributed by atoms with Crippen molar-refractivity contribution >= 4 is 40.1 Å². The predicted octanol–water partition coefficient (Wildman–Crippen LogP) is 4.75. The number of rotatable bonds is 10. The Morgan fingerprint density at radius 2 is 1.97 bits per heavy atom. The summed E-state index contributed by atoms with van der Waals surface area (Å²) in [6, 6.07) is 10.2. The molecule has 0 aliphatic heterocycles. The van der Waals surface area contributed by atoms with Crippen molar-refractivity contribution in [3.05, 3.63) is 72.3 Å². The van der Waals surface area contributed by atoms with Gasteiger partial charge in [0.05, 0.1) is 30.8 Å². The number of ether oxygens (including phenoxy) is 2. The number of hydrogen-bond donors (Lipinski definition) is 3. The van der Waals surface area contributed by atoms with Gasteiger partial charge in [0, 0.05) is 47.5 Å². The largest absolute Gasteiger partial charge is 0.494 e. The molecule has 0 saturated heterocycles. The fourth-order valence-electron chi connectivity index (χ4n) is 3.86. The summed E-state index contributed by atoms with van der Waals surface area (Å²) in [5.41, 5.74) is 2.34.